The van der Waals surface area contributed by atoms with Crippen LogP contribution in [0.1, 0.15) is 18.4 Å². The second-order valence-electron chi connectivity index (χ2n) is 5.69. The highest BCUT2D eigenvalue weighted by Crippen LogP contribution is 2.43. The zero-order chi connectivity index (χ0) is 14.8. The Morgan fingerprint density at radius 3 is 2.48 bits per heavy atom. The third kappa shape index (κ3) is 2.78. The van der Waals surface area contributed by atoms with Gasteiger partial charge in [0.15, 0.2) is 0 Å². The van der Waals surface area contributed by atoms with Gasteiger partial charge in [0.25, 0.3) is 0 Å². The summed E-state index contributed by atoms with van der Waals surface area (Å²) in [6.45, 7) is 0.497. The fraction of sp³-hybridized carbons (Fsp3) is 0.500. The van der Waals surface area contributed by atoms with Gasteiger partial charge in [-0.05, 0) is 24.8 Å². The Morgan fingerprint density at radius 1 is 1.14 bits per heavy atom. The summed E-state index contributed by atoms with van der Waals surface area (Å²) in [4.78, 5) is 23.5. The van der Waals surface area contributed by atoms with E-state index in [1.165, 1.54) is 0 Å². The number of hydrogen-bond acceptors (Lipinski definition) is 4. The standard InChI is InChI=1S/C16H19NO4/c18-15(17-9-8-10-4-2-1-3-5-10)13-11-6-7-12(21-11)14(13)16(19)20/h1-5,11-14H,6-9H2,(H,17,18)(H,19,20)/p-1/t11-,12+,13+,14+/m1/s1. The van der Waals surface area contributed by atoms with Crippen molar-refractivity contribution in [3.05, 3.63) is 35.9 Å². The highest BCUT2D eigenvalue weighted by molar-refractivity contribution is 5.86. The van der Waals surface area contributed by atoms with E-state index in [0.29, 0.717) is 13.0 Å². The zero-order valence-corrected chi connectivity index (χ0v) is 11.7. The first kappa shape index (κ1) is 14.1. The van der Waals surface area contributed by atoms with Crippen LogP contribution in [0.3, 0.4) is 0 Å². The first-order valence-corrected chi connectivity index (χ1v) is 7.35. The molecule has 2 aliphatic heterocycles. The Hall–Kier alpha value is -1.88. The number of benzene rings is 1. The second kappa shape index (κ2) is 5.85. The molecule has 5 heteroatoms. The van der Waals surface area contributed by atoms with Crippen LogP contribution >= 0.6 is 0 Å². The number of rotatable bonds is 5. The highest BCUT2D eigenvalue weighted by Gasteiger charge is 2.52. The number of nitrogens with one attached hydrogen (secondary N) is 1. The van der Waals surface area contributed by atoms with Crippen molar-refractivity contribution in [1.29, 1.82) is 0 Å². The predicted molar refractivity (Wildman–Crippen MR) is 73.0 cm³/mol. The molecule has 2 heterocycles. The third-order valence-corrected chi connectivity index (χ3v) is 4.40. The van der Waals surface area contributed by atoms with Crippen LogP contribution in [0.4, 0.5) is 0 Å². The fourth-order valence-corrected chi connectivity index (χ4v) is 3.40. The fourth-order valence-electron chi connectivity index (χ4n) is 3.40. The number of amides is 1. The van der Waals surface area contributed by atoms with E-state index in [9.17, 15) is 14.7 Å². The van der Waals surface area contributed by atoms with Crippen LogP contribution < -0.4 is 10.4 Å². The molecule has 0 spiro atoms. The average Bonchev–Trinajstić information content (AvgIpc) is 3.08. The Labute approximate surface area is 123 Å². The number of aliphatic carboxylic acids is 1. The van der Waals surface area contributed by atoms with E-state index in [1.54, 1.807) is 0 Å². The minimum Gasteiger partial charge on any atom is -0.550 e. The van der Waals surface area contributed by atoms with Gasteiger partial charge in [0.05, 0.1) is 18.1 Å². The molecule has 1 aromatic carbocycles. The van der Waals surface area contributed by atoms with E-state index in [-0.39, 0.29) is 18.1 Å². The van der Waals surface area contributed by atoms with Crippen molar-refractivity contribution in [2.24, 2.45) is 11.8 Å². The molecule has 0 aliphatic carbocycles. The molecule has 2 fully saturated rings. The molecule has 0 saturated carbocycles. The maximum atomic E-state index is 12.3. The van der Waals surface area contributed by atoms with E-state index in [4.69, 9.17) is 4.74 Å². The predicted octanol–water partition coefficient (Wildman–Crippen LogP) is -0.111. The largest absolute Gasteiger partial charge is 0.550 e. The number of carboxylic acids is 1. The maximum absolute atomic E-state index is 12.3. The maximum Gasteiger partial charge on any atom is 0.226 e. The van der Waals surface area contributed by atoms with Crippen molar-refractivity contribution in [3.63, 3.8) is 0 Å². The van der Waals surface area contributed by atoms with Gasteiger partial charge in [0, 0.05) is 18.4 Å². The molecule has 0 unspecified atom stereocenters. The molecular weight excluding hydrogens is 270 g/mol. The molecule has 4 atom stereocenters. The van der Waals surface area contributed by atoms with Crippen molar-refractivity contribution >= 4 is 11.9 Å². The van der Waals surface area contributed by atoms with Crippen LogP contribution in [-0.2, 0) is 20.7 Å². The molecule has 1 N–H and O–H groups in total. The summed E-state index contributed by atoms with van der Waals surface area (Å²) in [5.74, 6) is -2.82. The third-order valence-electron chi connectivity index (χ3n) is 4.40. The molecule has 0 aromatic heterocycles. The monoisotopic (exact) mass is 288 g/mol. The topological polar surface area (TPSA) is 78.5 Å². The lowest BCUT2D eigenvalue weighted by molar-refractivity contribution is -0.314. The van der Waals surface area contributed by atoms with Crippen LogP contribution in [0.25, 0.3) is 0 Å². The lowest BCUT2D eigenvalue weighted by atomic mass is 9.78. The van der Waals surface area contributed by atoms with Gasteiger partial charge < -0.3 is 20.0 Å². The van der Waals surface area contributed by atoms with E-state index in [2.05, 4.69) is 5.32 Å². The molecular formula is C16H18NO4-. The van der Waals surface area contributed by atoms with Crippen molar-refractivity contribution in [1.82, 2.24) is 5.32 Å². The van der Waals surface area contributed by atoms with Crippen molar-refractivity contribution in [2.45, 2.75) is 31.5 Å². The van der Waals surface area contributed by atoms with Crippen LogP contribution in [0, 0.1) is 11.8 Å². The Bertz CT molecular complexity index is 530. The lowest BCUT2D eigenvalue weighted by Gasteiger charge is -2.27. The summed E-state index contributed by atoms with van der Waals surface area (Å²) in [5, 5.41) is 14.1. The second-order valence-corrected chi connectivity index (χ2v) is 5.69. The van der Waals surface area contributed by atoms with E-state index in [0.717, 1.165) is 18.4 Å². The zero-order valence-electron chi connectivity index (χ0n) is 11.7. The number of carboxylic acid groups (broad SMARTS) is 1. The average molecular weight is 288 g/mol. The summed E-state index contributed by atoms with van der Waals surface area (Å²) in [7, 11) is 0. The minimum absolute atomic E-state index is 0.229. The van der Waals surface area contributed by atoms with Gasteiger partial charge in [-0.15, -0.1) is 0 Å². The van der Waals surface area contributed by atoms with Gasteiger partial charge in [-0.1, -0.05) is 30.3 Å². The van der Waals surface area contributed by atoms with Gasteiger partial charge in [-0.25, -0.2) is 0 Å². The van der Waals surface area contributed by atoms with Crippen LogP contribution in [0.2, 0.25) is 0 Å². The summed E-state index contributed by atoms with van der Waals surface area (Å²) >= 11 is 0. The van der Waals surface area contributed by atoms with Crippen LogP contribution in [0.15, 0.2) is 30.3 Å². The van der Waals surface area contributed by atoms with Gasteiger partial charge in [-0.3, -0.25) is 4.79 Å². The smallest absolute Gasteiger partial charge is 0.226 e. The summed E-state index contributed by atoms with van der Waals surface area (Å²) in [6, 6.07) is 9.84. The van der Waals surface area contributed by atoms with Gasteiger partial charge >= 0.3 is 0 Å². The summed E-state index contributed by atoms with van der Waals surface area (Å²) in [6.07, 6.45) is 1.56. The SMILES string of the molecule is O=C([O-])[C@@H]1[C@@H](C(=O)NCCc2ccccc2)[C@H]2CC[C@@H]1O2. The highest BCUT2D eigenvalue weighted by atomic mass is 16.5. The number of hydrogen-bond donors (Lipinski definition) is 1. The molecule has 5 nitrogen and oxygen atoms in total. The molecule has 2 aliphatic rings. The van der Waals surface area contributed by atoms with Crippen molar-refractivity contribution < 1.29 is 19.4 Å². The van der Waals surface area contributed by atoms with Gasteiger partial charge in [-0.2, -0.15) is 0 Å². The molecule has 3 rings (SSSR count). The summed E-state index contributed by atoms with van der Waals surface area (Å²) in [5.41, 5.74) is 1.14. The molecule has 1 aromatic rings. The number of carbonyl (C=O) groups is 2. The quantitative estimate of drug-likeness (QED) is 0.820. The van der Waals surface area contributed by atoms with E-state index < -0.39 is 17.8 Å². The first-order chi connectivity index (χ1) is 10.2. The van der Waals surface area contributed by atoms with Gasteiger partial charge in [0.2, 0.25) is 5.91 Å². The number of ether oxygens (including phenoxy) is 1. The Balaban J connectivity index is 1.56. The molecule has 0 radical (unpaired) electrons. The lowest BCUT2D eigenvalue weighted by Crippen LogP contribution is -2.48. The Kier molecular flexibility index (Phi) is 3.92. The normalized spacial score (nSPS) is 30.3. The van der Waals surface area contributed by atoms with Crippen molar-refractivity contribution in [3.8, 4) is 0 Å². The first-order valence-electron chi connectivity index (χ1n) is 7.35. The van der Waals surface area contributed by atoms with Crippen LogP contribution in [-0.4, -0.2) is 30.6 Å². The number of carbonyl (C=O) groups excluding carboxylic acids is 2. The Morgan fingerprint density at radius 2 is 1.81 bits per heavy atom. The molecule has 2 saturated heterocycles. The molecule has 21 heavy (non-hydrogen) atoms. The van der Waals surface area contributed by atoms with E-state index >= 15 is 0 Å². The molecule has 112 valence electrons. The van der Waals surface area contributed by atoms with Crippen LogP contribution in [0.5, 0.6) is 0 Å². The van der Waals surface area contributed by atoms with E-state index in [1.807, 2.05) is 30.3 Å². The van der Waals surface area contributed by atoms with Crippen molar-refractivity contribution in [2.75, 3.05) is 6.54 Å². The summed E-state index contributed by atoms with van der Waals surface area (Å²) < 4.78 is 5.56. The molecule has 1 amide bonds. The minimum atomic E-state index is -1.18. The molecule has 2 bridgehead atoms. The number of fused-ring (bicyclic) bond motifs is 2. The van der Waals surface area contributed by atoms with Gasteiger partial charge in [0.1, 0.15) is 0 Å².